The van der Waals surface area contributed by atoms with Crippen LogP contribution in [-0.2, 0) is 17.9 Å². The smallest absolute Gasteiger partial charge is 0.268 e. The van der Waals surface area contributed by atoms with Gasteiger partial charge in [0.2, 0.25) is 5.95 Å². The van der Waals surface area contributed by atoms with E-state index in [-0.39, 0.29) is 35.4 Å². The number of nitriles is 1. The number of amides is 2. The molecule has 0 saturated carbocycles. The zero-order valence-corrected chi connectivity index (χ0v) is 25.6. The summed E-state index contributed by atoms with van der Waals surface area (Å²) in [5.74, 6) is -0.346. The standard InChI is InChI=1S/C31H34F2N8O2S/c1-31(2,3)15-21(16-34)29(43)39-12-4-6-22(39)19-40-24-8-7-20(17-35-18-26(32)33)14-23(24)37-30(40)38-28(42)25-9-10-27(44-25)41-13-5-11-36-41/h5,7-11,13-15,22,26,35H,4,6,12,17-19H2,1-3H3,(H,37,38,42). The Morgan fingerprint density at radius 3 is 2.77 bits per heavy atom. The van der Waals surface area contributed by atoms with Gasteiger partial charge in [-0.05, 0) is 54.2 Å². The van der Waals surface area contributed by atoms with Gasteiger partial charge in [-0.3, -0.25) is 14.9 Å². The van der Waals surface area contributed by atoms with E-state index in [4.69, 9.17) is 4.98 Å². The van der Waals surface area contributed by atoms with Crippen LogP contribution in [0.15, 0.2) is 60.4 Å². The molecule has 230 valence electrons. The molecule has 1 aromatic carbocycles. The lowest BCUT2D eigenvalue weighted by atomic mass is 9.93. The lowest BCUT2D eigenvalue weighted by Crippen LogP contribution is -2.39. The van der Waals surface area contributed by atoms with Crippen molar-refractivity contribution in [2.45, 2.75) is 59.2 Å². The average molecular weight is 621 g/mol. The number of nitrogens with one attached hydrogen (secondary N) is 2. The van der Waals surface area contributed by atoms with Crippen molar-refractivity contribution in [1.82, 2.24) is 29.5 Å². The number of rotatable bonds is 10. The van der Waals surface area contributed by atoms with Gasteiger partial charge in [0.1, 0.15) is 16.6 Å². The number of hydrogen-bond donors (Lipinski definition) is 2. The number of benzene rings is 1. The van der Waals surface area contributed by atoms with Crippen molar-refractivity contribution in [2.75, 3.05) is 18.4 Å². The Morgan fingerprint density at radius 1 is 1.25 bits per heavy atom. The van der Waals surface area contributed by atoms with Crippen LogP contribution in [-0.4, -0.2) is 61.6 Å². The third-order valence-corrected chi connectivity index (χ3v) is 8.24. The topological polar surface area (TPSA) is 121 Å². The van der Waals surface area contributed by atoms with Gasteiger partial charge < -0.3 is 14.8 Å². The van der Waals surface area contributed by atoms with E-state index >= 15 is 0 Å². The van der Waals surface area contributed by atoms with E-state index in [2.05, 4.69) is 21.8 Å². The summed E-state index contributed by atoms with van der Waals surface area (Å²) in [7, 11) is 0. The first-order valence-corrected chi connectivity index (χ1v) is 15.2. The summed E-state index contributed by atoms with van der Waals surface area (Å²) in [6.45, 7) is 6.50. The highest BCUT2D eigenvalue weighted by molar-refractivity contribution is 7.16. The third kappa shape index (κ3) is 7.20. The second-order valence-corrected chi connectivity index (χ2v) is 12.8. The zero-order valence-electron chi connectivity index (χ0n) is 24.8. The molecule has 4 heterocycles. The molecule has 1 aliphatic rings. The first-order valence-electron chi connectivity index (χ1n) is 14.4. The molecule has 1 aliphatic heterocycles. The molecule has 2 amide bonds. The van der Waals surface area contributed by atoms with E-state index in [9.17, 15) is 23.6 Å². The Kier molecular flexibility index (Phi) is 9.22. The Bertz CT molecular complexity index is 1710. The van der Waals surface area contributed by atoms with E-state index < -0.39 is 13.0 Å². The van der Waals surface area contributed by atoms with Gasteiger partial charge in [0.05, 0.1) is 28.5 Å². The van der Waals surface area contributed by atoms with Crippen molar-refractivity contribution in [2.24, 2.45) is 5.41 Å². The van der Waals surface area contributed by atoms with E-state index in [1.807, 2.05) is 43.5 Å². The predicted octanol–water partition coefficient (Wildman–Crippen LogP) is 5.38. The molecule has 0 spiro atoms. The number of likely N-dealkylation sites (tertiary alicyclic amines) is 1. The van der Waals surface area contributed by atoms with Crippen LogP contribution in [0.5, 0.6) is 0 Å². The highest BCUT2D eigenvalue weighted by atomic mass is 32.1. The number of alkyl halides is 2. The molecule has 3 aromatic heterocycles. The molecule has 5 rings (SSSR count). The van der Waals surface area contributed by atoms with Gasteiger partial charge in [-0.1, -0.05) is 32.9 Å². The first-order chi connectivity index (χ1) is 21.0. The monoisotopic (exact) mass is 620 g/mol. The minimum Gasteiger partial charge on any atom is -0.333 e. The number of hydrogen-bond acceptors (Lipinski definition) is 7. The Hall–Kier alpha value is -4.41. The number of aromatic nitrogens is 4. The van der Waals surface area contributed by atoms with Crippen molar-refractivity contribution in [3.8, 4) is 11.1 Å². The largest absolute Gasteiger partial charge is 0.333 e. The summed E-state index contributed by atoms with van der Waals surface area (Å²) < 4.78 is 28.9. The molecular weight excluding hydrogens is 586 g/mol. The van der Waals surface area contributed by atoms with Gasteiger partial charge in [0.25, 0.3) is 18.2 Å². The summed E-state index contributed by atoms with van der Waals surface area (Å²) in [4.78, 5) is 33.8. The minimum absolute atomic E-state index is 0.111. The van der Waals surface area contributed by atoms with Crippen LogP contribution in [0, 0.1) is 16.7 Å². The number of anilines is 1. The number of thiophene rings is 1. The van der Waals surface area contributed by atoms with Crippen LogP contribution in [0.4, 0.5) is 14.7 Å². The van der Waals surface area contributed by atoms with Crippen molar-refractivity contribution >= 4 is 40.1 Å². The number of allylic oxidation sites excluding steroid dienone is 1. The van der Waals surface area contributed by atoms with Crippen LogP contribution in [0.1, 0.15) is 48.8 Å². The molecule has 2 N–H and O–H groups in total. The Labute approximate surface area is 258 Å². The lowest BCUT2D eigenvalue weighted by molar-refractivity contribution is -0.127. The van der Waals surface area contributed by atoms with Crippen LogP contribution in [0.25, 0.3) is 16.0 Å². The van der Waals surface area contributed by atoms with E-state index in [0.29, 0.717) is 29.4 Å². The van der Waals surface area contributed by atoms with Crippen molar-refractivity contribution in [1.29, 1.82) is 5.26 Å². The average Bonchev–Trinajstić information content (AvgIpc) is 3.78. The van der Waals surface area contributed by atoms with Gasteiger partial charge in [-0.25, -0.2) is 18.4 Å². The Balaban J connectivity index is 1.45. The highest BCUT2D eigenvalue weighted by Crippen LogP contribution is 2.29. The molecule has 1 saturated heterocycles. The number of halogens is 2. The maximum absolute atomic E-state index is 13.5. The maximum atomic E-state index is 13.5. The molecule has 0 bridgehead atoms. The number of carbonyl (C=O) groups is 2. The minimum atomic E-state index is -2.46. The second kappa shape index (κ2) is 13.1. The normalized spacial score (nSPS) is 15.7. The van der Waals surface area contributed by atoms with Crippen molar-refractivity contribution < 1.29 is 18.4 Å². The second-order valence-electron chi connectivity index (χ2n) is 11.8. The van der Waals surface area contributed by atoms with Gasteiger partial charge in [-0.15, -0.1) is 11.3 Å². The molecule has 1 atom stereocenters. The maximum Gasteiger partial charge on any atom is 0.268 e. The fourth-order valence-corrected chi connectivity index (χ4v) is 6.10. The number of nitrogens with zero attached hydrogens (tertiary/aromatic N) is 6. The van der Waals surface area contributed by atoms with Gasteiger partial charge in [0.15, 0.2) is 0 Å². The van der Waals surface area contributed by atoms with Crippen LogP contribution in [0.3, 0.4) is 0 Å². The molecule has 0 aliphatic carbocycles. The van der Waals surface area contributed by atoms with E-state index in [0.717, 1.165) is 28.9 Å². The summed E-state index contributed by atoms with van der Waals surface area (Å²) in [6, 6.07) is 12.7. The van der Waals surface area contributed by atoms with Crippen LogP contribution >= 0.6 is 11.3 Å². The first kappa shape index (κ1) is 31.0. The molecule has 13 heteroatoms. The van der Waals surface area contributed by atoms with Crippen molar-refractivity contribution in [3.05, 3.63) is 70.9 Å². The molecular formula is C31H34F2N8O2S. The number of carbonyl (C=O) groups excluding carboxylic acids is 2. The molecule has 0 radical (unpaired) electrons. The number of imidazole rings is 1. The lowest BCUT2D eigenvalue weighted by Gasteiger charge is -2.26. The highest BCUT2D eigenvalue weighted by Gasteiger charge is 2.32. The van der Waals surface area contributed by atoms with E-state index in [1.165, 1.54) is 11.3 Å². The fourth-order valence-electron chi connectivity index (χ4n) is 5.26. The van der Waals surface area contributed by atoms with Gasteiger partial charge in [0, 0.05) is 32.0 Å². The zero-order chi connectivity index (χ0) is 31.4. The van der Waals surface area contributed by atoms with Crippen LogP contribution < -0.4 is 10.6 Å². The number of fused-ring (bicyclic) bond motifs is 1. The SMILES string of the molecule is CC(C)(C)C=C(C#N)C(=O)N1CCCC1Cn1c(NC(=O)c2ccc(-n3cccn3)s2)nc2cc(CNCC(F)F)ccc21. The van der Waals surface area contributed by atoms with Crippen molar-refractivity contribution in [3.63, 3.8) is 0 Å². The van der Waals surface area contributed by atoms with E-state index in [1.54, 1.807) is 46.3 Å². The summed E-state index contributed by atoms with van der Waals surface area (Å²) >= 11 is 1.28. The van der Waals surface area contributed by atoms with Gasteiger partial charge >= 0.3 is 0 Å². The fraction of sp³-hybridized carbons (Fsp3) is 0.387. The van der Waals surface area contributed by atoms with Gasteiger partial charge in [-0.2, -0.15) is 10.4 Å². The van der Waals surface area contributed by atoms with Crippen LogP contribution in [0.2, 0.25) is 0 Å². The summed E-state index contributed by atoms with van der Waals surface area (Å²) in [6.07, 6.45) is 4.21. The Morgan fingerprint density at radius 2 is 2.07 bits per heavy atom. The third-order valence-electron chi connectivity index (χ3n) is 7.17. The molecule has 44 heavy (non-hydrogen) atoms. The molecule has 1 unspecified atom stereocenters. The molecule has 4 aromatic rings. The summed E-state index contributed by atoms with van der Waals surface area (Å²) in [5, 5.41) is 20.4. The molecule has 1 fully saturated rings. The molecule has 10 nitrogen and oxygen atoms in total. The predicted molar refractivity (Wildman–Crippen MR) is 165 cm³/mol. The quantitative estimate of drug-likeness (QED) is 0.182. The summed E-state index contributed by atoms with van der Waals surface area (Å²) in [5.41, 5.74) is 1.86.